The number of nitrogens with zero attached hydrogens (tertiary/aromatic N) is 1. The van der Waals surface area contributed by atoms with E-state index in [2.05, 4.69) is 10.1 Å². The van der Waals surface area contributed by atoms with E-state index in [9.17, 15) is 24.1 Å². The summed E-state index contributed by atoms with van der Waals surface area (Å²) >= 11 is 0. The molecule has 1 aromatic carbocycles. The van der Waals surface area contributed by atoms with Crippen molar-refractivity contribution < 1.29 is 33.0 Å². The zero-order valence-corrected chi connectivity index (χ0v) is 20.8. The highest BCUT2D eigenvalue weighted by atomic mass is 31.2. The van der Waals surface area contributed by atoms with Gasteiger partial charge in [-0.2, -0.15) is 5.09 Å². The number of aromatic amines is 1. The lowest BCUT2D eigenvalue weighted by atomic mass is 10.2. The summed E-state index contributed by atoms with van der Waals surface area (Å²) in [6.45, 7) is 5.99. The number of H-pyrrole nitrogens is 1. The van der Waals surface area contributed by atoms with Crippen molar-refractivity contribution in [3.8, 4) is 5.75 Å². The molecule has 35 heavy (non-hydrogen) atoms. The van der Waals surface area contributed by atoms with E-state index in [4.69, 9.17) is 18.5 Å². The van der Waals surface area contributed by atoms with Gasteiger partial charge in [-0.15, -0.1) is 0 Å². The van der Waals surface area contributed by atoms with E-state index >= 15 is 0 Å². The van der Waals surface area contributed by atoms with Crippen LogP contribution in [-0.4, -0.2) is 51.6 Å². The molecule has 0 saturated carbocycles. The highest BCUT2D eigenvalue weighted by Crippen LogP contribution is 2.45. The number of benzene rings is 1. The number of aryl methyl sites for hydroxylation is 1. The zero-order valence-electron chi connectivity index (χ0n) is 19.9. The molecule has 1 unspecified atom stereocenters. The molecule has 2 aromatic rings. The number of carbonyl (C=O) groups is 1. The van der Waals surface area contributed by atoms with E-state index < -0.39 is 49.4 Å². The van der Waals surface area contributed by atoms with Gasteiger partial charge >= 0.3 is 19.4 Å². The van der Waals surface area contributed by atoms with Crippen LogP contribution >= 0.6 is 7.75 Å². The summed E-state index contributed by atoms with van der Waals surface area (Å²) < 4.78 is 36.7. The Morgan fingerprint density at radius 2 is 1.97 bits per heavy atom. The third-order valence-corrected chi connectivity index (χ3v) is 6.74. The quantitative estimate of drug-likeness (QED) is 0.316. The Labute approximate surface area is 201 Å². The topological polar surface area (TPSA) is 158 Å². The molecule has 0 aliphatic carbocycles. The molecule has 3 rings (SSSR count). The second kappa shape index (κ2) is 11.3. The van der Waals surface area contributed by atoms with Crippen LogP contribution in [0.3, 0.4) is 0 Å². The summed E-state index contributed by atoms with van der Waals surface area (Å²) in [5.41, 5.74) is -0.897. The van der Waals surface area contributed by atoms with Crippen LogP contribution in [-0.2, 0) is 23.4 Å². The SMILES string of the molecule is Cc1cn([C@H]2C[C@@H](O)[C@@H](COP(=O)(N[C@@H](C)C(=O)OC(C)C)Oc3ccccc3)O2)c(=O)[nH]c1=O. The summed E-state index contributed by atoms with van der Waals surface area (Å²) in [4.78, 5) is 38.2. The molecular formula is C22H30N3O9P. The number of hydrogen-bond donors (Lipinski definition) is 3. The van der Waals surface area contributed by atoms with E-state index in [1.807, 2.05) is 0 Å². The average Bonchev–Trinajstić information content (AvgIpc) is 3.15. The second-order valence-corrected chi connectivity index (χ2v) is 10.1. The van der Waals surface area contributed by atoms with Gasteiger partial charge in [0, 0.05) is 18.2 Å². The number of carbonyl (C=O) groups excluding carboxylic acids is 1. The number of aromatic nitrogens is 2. The number of hydrogen-bond acceptors (Lipinski definition) is 9. The van der Waals surface area contributed by atoms with Crippen LogP contribution in [0, 0.1) is 6.92 Å². The van der Waals surface area contributed by atoms with Crippen molar-refractivity contribution >= 4 is 13.7 Å². The van der Waals surface area contributed by atoms with Gasteiger partial charge in [0.05, 0.1) is 18.8 Å². The number of para-hydroxylation sites is 1. The standard InChI is InChI=1S/C22H30N3O9P/c1-13(2)32-21(28)15(4)24-35(30,34-16-8-6-5-7-9-16)31-12-18-17(26)10-19(33-18)25-11-14(3)20(27)23-22(25)29/h5-9,11,13,15,17-19,26H,10,12H2,1-4H3,(H,24,30)(H,23,27,29)/t15-,17+,18+,19+,35?/m0/s1. The smallest absolute Gasteiger partial charge is 0.459 e. The number of ether oxygens (including phenoxy) is 2. The molecule has 5 atom stereocenters. The summed E-state index contributed by atoms with van der Waals surface area (Å²) in [7, 11) is -4.15. The van der Waals surface area contributed by atoms with E-state index in [-0.39, 0.29) is 24.9 Å². The van der Waals surface area contributed by atoms with Crippen molar-refractivity contribution in [1.29, 1.82) is 0 Å². The predicted octanol–water partition coefficient (Wildman–Crippen LogP) is 1.63. The molecule has 2 heterocycles. The average molecular weight is 511 g/mol. The molecule has 0 spiro atoms. The maximum atomic E-state index is 13.5. The van der Waals surface area contributed by atoms with Gasteiger partial charge in [0.25, 0.3) is 5.56 Å². The molecule has 0 radical (unpaired) electrons. The van der Waals surface area contributed by atoms with Gasteiger partial charge < -0.3 is 19.1 Å². The predicted molar refractivity (Wildman–Crippen MR) is 125 cm³/mol. The second-order valence-electron chi connectivity index (χ2n) is 8.44. The van der Waals surface area contributed by atoms with Gasteiger partial charge in [-0.05, 0) is 39.8 Å². The van der Waals surface area contributed by atoms with Crippen molar-refractivity contribution in [3.63, 3.8) is 0 Å². The number of rotatable bonds is 10. The van der Waals surface area contributed by atoms with E-state index in [0.717, 1.165) is 0 Å². The van der Waals surface area contributed by atoms with Gasteiger partial charge in [-0.1, -0.05) is 18.2 Å². The normalized spacial score (nSPS) is 22.5. The van der Waals surface area contributed by atoms with Crippen LogP contribution in [0.1, 0.15) is 39.0 Å². The first-order valence-electron chi connectivity index (χ1n) is 11.1. The molecule has 1 fully saturated rings. The molecule has 13 heteroatoms. The van der Waals surface area contributed by atoms with Crippen LogP contribution in [0.15, 0.2) is 46.1 Å². The minimum Gasteiger partial charge on any atom is -0.462 e. The minimum atomic E-state index is -4.15. The Balaban J connectivity index is 1.73. The molecule has 1 saturated heterocycles. The van der Waals surface area contributed by atoms with Crippen molar-refractivity contribution in [2.75, 3.05) is 6.61 Å². The fraction of sp³-hybridized carbons (Fsp3) is 0.500. The maximum absolute atomic E-state index is 13.5. The lowest BCUT2D eigenvalue weighted by molar-refractivity contribution is -0.149. The Morgan fingerprint density at radius 1 is 1.29 bits per heavy atom. The third-order valence-electron chi connectivity index (χ3n) is 5.10. The van der Waals surface area contributed by atoms with Gasteiger partial charge in [-0.25, -0.2) is 9.36 Å². The lowest BCUT2D eigenvalue weighted by Crippen LogP contribution is -2.37. The lowest BCUT2D eigenvalue weighted by Gasteiger charge is -2.25. The first-order valence-corrected chi connectivity index (χ1v) is 12.6. The molecule has 12 nitrogen and oxygen atoms in total. The van der Waals surface area contributed by atoms with Gasteiger partial charge in [0.2, 0.25) is 0 Å². The molecule has 0 amide bonds. The van der Waals surface area contributed by atoms with Crippen LogP contribution in [0.4, 0.5) is 0 Å². The Kier molecular flexibility index (Phi) is 8.68. The molecule has 1 aliphatic rings. The summed E-state index contributed by atoms with van der Waals surface area (Å²) in [6, 6.07) is 7.20. The molecule has 1 aliphatic heterocycles. The number of aliphatic hydroxyl groups is 1. The molecule has 1 aromatic heterocycles. The van der Waals surface area contributed by atoms with E-state index in [1.165, 1.54) is 24.6 Å². The van der Waals surface area contributed by atoms with Crippen molar-refractivity contribution in [1.82, 2.24) is 14.6 Å². The number of aliphatic hydroxyl groups excluding tert-OH is 1. The number of nitrogens with one attached hydrogen (secondary N) is 2. The fourth-order valence-corrected chi connectivity index (χ4v) is 4.84. The highest BCUT2D eigenvalue weighted by Gasteiger charge is 2.39. The summed E-state index contributed by atoms with van der Waals surface area (Å²) in [5, 5.41) is 13.0. The zero-order chi connectivity index (χ0) is 25.8. The van der Waals surface area contributed by atoms with Crippen LogP contribution in [0.25, 0.3) is 0 Å². The van der Waals surface area contributed by atoms with Crippen molar-refractivity contribution in [3.05, 3.63) is 62.9 Å². The first-order chi connectivity index (χ1) is 16.5. The van der Waals surface area contributed by atoms with Crippen molar-refractivity contribution in [2.24, 2.45) is 0 Å². The number of esters is 1. The highest BCUT2D eigenvalue weighted by molar-refractivity contribution is 7.52. The fourth-order valence-electron chi connectivity index (χ4n) is 3.34. The van der Waals surface area contributed by atoms with Crippen LogP contribution in [0.5, 0.6) is 5.75 Å². The minimum absolute atomic E-state index is 0.0355. The third kappa shape index (κ3) is 7.12. The van der Waals surface area contributed by atoms with Gasteiger partial charge in [-0.3, -0.25) is 23.7 Å². The monoisotopic (exact) mass is 511 g/mol. The molecule has 3 N–H and O–H groups in total. The van der Waals surface area contributed by atoms with Gasteiger partial charge in [0.1, 0.15) is 24.1 Å². The van der Waals surface area contributed by atoms with Crippen LogP contribution < -0.4 is 20.9 Å². The maximum Gasteiger partial charge on any atom is 0.459 e. The largest absolute Gasteiger partial charge is 0.462 e. The Hall–Kier alpha value is -2.76. The van der Waals surface area contributed by atoms with Crippen molar-refractivity contribution in [2.45, 2.75) is 64.7 Å². The Morgan fingerprint density at radius 3 is 2.63 bits per heavy atom. The Bertz CT molecular complexity index is 1180. The van der Waals surface area contributed by atoms with E-state index in [0.29, 0.717) is 5.56 Å². The summed E-state index contributed by atoms with van der Waals surface area (Å²) in [5.74, 6) is -0.417. The van der Waals surface area contributed by atoms with Crippen LogP contribution in [0.2, 0.25) is 0 Å². The first kappa shape index (κ1) is 26.8. The van der Waals surface area contributed by atoms with Gasteiger partial charge in [0.15, 0.2) is 0 Å². The summed E-state index contributed by atoms with van der Waals surface area (Å²) in [6.07, 6.45) is -1.90. The van der Waals surface area contributed by atoms with E-state index in [1.54, 1.807) is 44.2 Å². The molecule has 192 valence electrons. The molecule has 0 bridgehead atoms. The molecular weight excluding hydrogens is 481 g/mol.